The highest BCUT2D eigenvalue weighted by Gasteiger charge is 2.09. The summed E-state index contributed by atoms with van der Waals surface area (Å²) < 4.78 is 2.76. The van der Waals surface area contributed by atoms with Gasteiger partial charge in [0.05, 0.1) is 6.33 Å². The van der Waals surface area contributed by atoms with Crippen LogP contribution < -0.4 is 0 Å². The Bertz CT molecular complexity index is 519. The minimum absolute atomic E-state index is 0.0405. The SMILES string of the molecule is Cn1cnc(C(=O)Cc2cccc(Br)c2)c1. The number of aromatic nitrogens is 2. The Morgan fingerprint density at radius 3 is 2.94 bits per heavy atom. The van der Waals surface area contributed by atoms with Gasteiger partial charge >= 0.3 is 0 Å². The van der Waals surface area contributed by atoms with Crippen LogP contribution in [-0.4, -0.2) is 15.3 Å². The predicted octanol–water partition coefficient (Wildman–Crippen LogP) is 2.61. The number of benzene rings is 1. The molecule has 1 aromatic carbocycles. The summed E-state index contributed by atoms with van der Waals surface area (Å²) in [7, 11) is 1.85. The fraction of sp³-hybridized carbons (Fsp3) is 0.167. The van der Waals surface area contributed by atoms with Gasteiger partial charge in [-0.3, -0.25) is 4.79 Å². The summed E-state index contributed by atoms with van der Waals surface area (Å²) in [5, 5.41) is 0. The number of carbonyl (C=O) groups excluding carboxylic acids is 1. The van der Waals surface area contributed by atoms with Crippen LogP contribution in [0.1, 0.15) is 16.1 Å². The van der Waals surface area contributed by atoms with Crippen molar-refractivity contribution in [2.24, 2.45) is 7.05 Å². The third-order valence-corrected chi connectivity index (χ3v) is 2.74. The van der Waals surface area contributed by atoms with E-state index in [1.165, 1.54) is 0 Å². The summed E-state index contributed by atoms with van der Waals surface area (Å²) in [6.45, 7) is 0. The Morgan fingerprint density at radius 1 is 1.50 bits per heavy atom. The number of nitrogens with zero attached hydrogens (tertiary/aromatic N) is 2. The molecule has 3 nitrogen and oxygen atoms in total. The third kappa shape index (κ3) is 2.58. The Hall–Kier alpha value is -1.42. The van der Waals surface area contributed by atoms with Gasteiger partial charge in [-0.1, -0.05) is 28.1 Å². The standard InChI is InChI=1S/C12H11BrN2O/c1-15-7-11(14-8-15)12(16)6-9-3-2-4-10(13)5-9/h2-5,7-8H,6H2,1H3. The molecule has 0 aliphatic carbocycles. The molecule has 2 rings (SSSR count). The maximum atomic E-state index is 11.8. The van der Waals surface area contributed by atoms with E-state index in [4.69, 9.17) is 0 Å². The maximum Gasteiger partial charge on any atom is 0.187 e. The molecule has 0 atom stereocenters. The molecule has 0 aliphatic rings. The Balaban J connectivity index is 2.13. The first-order valence-corrected chi connectivity index (χ1v) is 5.70. The van der Waals surface area contributed by atoms with Crippen molar-refractivity contribution < 1.29 is 4.79 Å². The van der Waals surface area contributed by atoms with E-state index >= 15 is 0 Å². The van der Waals surface area contributed by atoms with Crippen molar-refractivity contribution >= 4 is 21.7 Å². The van der Waals surface area contributed by atoms with Crippen molar-refractivity contribution in [3.8, 4) is 0 Å². The second-order valence-corrected chi connectivity index (χ2v) is 4.57. The molecule has 0 fully saturated rings. The first-order chi connectivity index (χ1) is 7.65. The zero-order valence-corrected chi connectivity index (χ0v) is 10.4. The van der Waals surface area contributed by atoms with Gasteiger partial charge in [0.15, 0.2) is 5.78 Å². The molecule has 0 radical (unpaired) electrons. The summed E-state index contributed by atoms with van der Waals surface area (Å²) in [5.74, 6) is 0.0405. The molecule has 4 heteroatoms. The van der Waals surface area contributed by atoms with E-state index < -0.39 is 0 Å². The van der Waals surface area contributed by atoms with Crippen LogP contribution in [0.15, 0.2) is 41.3 Å². The molecule has 0 spiro atoms. The first kappa shape index (κ1) is 11.1. The van der Waals surface area contributed by atoms with Crippen LogP contribution in [0.2, 0.25) is 0 Å². The molecule has 0 bridgehead atoms. The highest BCUT2D eigenvalue weighted by Crippen LogP contribution is 2.13. The van der Waals surface area contributed by atoms with Crippen LogP contribution in [-0.2, 0) is 13.5 Å². The van der Waals surface area contributed by atoms with E-state index in [9.17, 15) is 4.79 Å². The van der Waals surface area contributed by atoms with Crippen LogP contribution in [0, 0.1) is 0 Å². The fourth-order valence-corrected chi connectivity index (χ4v) is 1.93. The van der Waals surface area contributed by atoms with E-state index in [0.717, 1.165) is 10.0 Å². The third-order valence-electron chi connectivity index (χ3n) is 2.24. The van der Waals surface area contributed by atoms with Crippen LogP contribution in [0.25, 0.3) is 0 Å². The lowest BCUT2D eigenvalue weighted by molar-refractivity contribution is 0.0988. The molecule has 82 valence electrons. The largest absolute Gasteiger partial charge is 0.340 e. The molecule has 0 unspecified atom stereocenters. The molecule has 1 heterocycles. The van der Waals surface area contributed by atoms with Crippen LogP contribution in [0.4, 0.5) is 0 Å². The number of ketones is 1. The molecule has 0 N–H and O–H groups in total. The molecule has 0 aliphatic heterocycles. The zero-order chi connectivity index (χ0) is 11.5. The van der Waals surface area contributed by atoms with Gasteiger partial charge in [-0.15, -0.1) is 0 Å². The molecule has 0 saturated carbocycles. The lowest BCUT2D eigenvalue weighted by Gasteiger charge is -1.99. The van der Waals surface area contributed by atoms with E-state index in [2.05, 4.69) is 20.9 Å². The quantitative estimate of drug-likeness (QED) is 0.809. The van der Waals surface area contributed by atoms with Gasteiger partial charge in [-0.05, 0) is 17.7 Å². The van der Waals surface area contributed by atoms with Crippen molar-refractivity contribution in [1.82, 2.24) is 9.55 Å². The number of aryl methyl sites for hydroxylation is 1. The zero-order valence-electron chi connectivity index (χ0n) is 8.85. The molecular weight excluding hydrogens is 268 g/mol. The van der Waals surface area contributed by atoms with Gasteiger partial charge in [-0.2, -0.15) is 0 Å². The number of hydrogen-bond donors (Lipinski definition) is 0. The fourth-order valence-electron chi connectivity index (χ4n) is 1.48. The number of imidazole rings is 1. The lowest BCUT2D eigenvalue weighted by Crippen LogP contribution is -2.03. The topological polar surface area (TPSA) is 34.9 Å². The summed E-state index contributed by atoms with van der Waals surface area (Å²) in [4.78, 5) is 15.9. The number of Topliss-reactive ketones (excluding diaryl/α,β-unsaturated/α-hetero) is 1. The van der Waals surface area contributed by atoms with Crippen LogP contribution in [0.3, 0.4) is 0 Å². The highest BCUT2D eigenvalue weighted by molar-refractivity contribution is 9.10. The minimum atomic E-state index is 0.0405. The molecule has 1 aromatic heterocycles. The second-order valence-electron chi connectivity index (χ2n) is 3.65. The smallest absolute Gasteiger partial charge is 0.187 e. The van der Waals surface area contributed by atoms with Gasteiger partial charge in [0.1, 0.15) is 5.69 Å². The lowest BCUT2D eigenvalue weighted by atomic mass is 10.1. The van der Waals surface area contributed by atoms with E-state index in [1.807, 2.05) is 31.3 Å². The highest BCUT2D eigenvalue weighted by atomic mass is 79.9. The van der Waals surface area contributed by atoms with Gasteiger partial charge in [0.2, 0.25) is 0 Å². The van der Waals surface area contributed by atoms with Gasteiger partial charge in [-0.25, -0.2) is 4.98 Å². The summed E-state index contributed by atoms with van der Waals surface area (Å²) in [6.07, 6.45) is 3.75. The van der Waals surface area contributed by atoms with Crippen LogP contribution >= 0.6 is 15.9 Å². The van der Waals surface area contributed by atoms with Gasteiger partial charge in [0, 0.05) is 24.1 Å². The molecule has 16 heavy (non-hydrogen) atoms. The number of hydrogen-bond acceptors (Lipinski definition) is 2. The number of rotatable bonds is 3. The number of halogens is 1. The minimum Gasteiger partial charge on any atom is -0.340 e. The monoisotopic (exact) mass is 278 g/mol. The van der Waals surface area contributed by atoms with E-state index in [0.29, 0.717) is 12.1 Å². The molecule has 0 saturated heterocycles. The van der Waals surface area contributed by atoms with Crippen molar-refractivity contribution in [2.45, 2.75) is 6.42 Å². The van der Waals surface area contributed by atoms with Crippen molar-refractivity contribution in [1.29, 1.82) is 0 Å². The normalized spacial score (nSPS) is 10.4. The molecular formula is C12H11BrN2O. The maximum absolute atomic E-state index is 11.8. The van der Waals surface area contributed by atoms with Gasteiger partial charge < -0.3 is 4.57 Å². The Labute approximate surface area is 102 Å². The van der Waals surface area contributed by atoms with E-state index in [1.54, 1.807) is 17.1 Å². The van der Waals surface area contributed by atoms with Crippen molar-refractivity contribution in [2.75, 3.05) is 0 Å². The molecule has 0 amide bonds. The Kier molecular flexibility index (Phi) is 3.19. The van der Waals surface area contributed by atoms with Crippen LogP contribution in [0.5, 0.6) is 0 Å². The Morgan fingerprint density at radius 2 is 2.31 bits per heavy atom. The average Bonchev–Trinajstić information content (AvgIpc) is 2.65. The first-order valence-electron chi connectivity index (χ1n) is 4.91. The van der Waals surface area contributed by atoms with E-state index in [-0.39, 0.29) is 5.78 Å². The average molecular weight is 279 g/mol. The van der Waals surface area contributed by atoms with Crippen molar-refractivity contribution in [3.05, 3.63) is 52.5 Å². The predicted molar refractivity (Wildman–Crippen MR) is 65.4 cm³/mol. The summed E-state index contributed by atoms with van der Waals surface area (Å²) in [5.41, 5.74) is 1.51. The number of carbonyl (C=O) groups is 1. The summed E-state index contributed by atoms with van der Waals surface area (Å²) in [6, 6.07) is 7.74. The second kappa shape index (κ2) is 4.61. The molecule has 2 aromatic rings. The van der Waals surface area contributed by atoms with Gasteiger partial charge in [0.25, 0.3) is 0 Å². The summed E-state index contributed by atoms with van der Waals surface area (Å²) >= 11 is 3.38. The van der Waals surface area contributed by atoms with Crippen molar-refractivity contribution in [3.63, 3.8) is 0 Å².